The number of aliphatic hydroxyl groups is 2. The molecule has 206 valence electrons. The van der Waals surface area contributed by atoms with Crippen LogP contribution in [0.3, 0.4) is 0 Å². The Hall–Kier alpha value is -0.220. The third-order valence-electron chi connectivity index (χ3n) is 6.01. The Labute approximate surface area is 199 Å². The van der Waals surface area contributed by atoms with E-state index in [1.165, 1.54) is 0 Å². The molecule has 0 aliphatic heterocycles. The zero-order chi connectivity index (χ0) is 27.4. The molecule has 3 unspecified atom stereocenters. The van der Waals surface area contributed by atoms with Gasteiger partial charge in [-0.2, -0.15) is 77.9 Å². The Kier molecular flexibility index (Phi) is 11.8. The molecule has 0 aromatic heterocycles. The summed E-state index contributed by atoms with van der Waals surface area (Å²) in [6.07, 6.45) is -21.6. The number of hydrogen-bond acceptors (Lipinski definition) is 4. The average Bonchev–Trinajstić information content (AvgIpc) is 3.27. The molecule has 0 aromatic rings. The van der Waals surface area contributed by atoms with Gasteiger partial charge in [-0.15, -0.1) is 0 Å². The van der Waals surface area contributed by atoms with E-state index in [0.29, 0.717) is 19.3 Å². The third-order valence-corrected chi connectivity index (χ3v) is 6.33. The number of hydrogen-bond donors (Lipinski definition) is 4. The van der Waals surface area contributed by atoms with Crippen molar-refractivity contribution in [1.29, 1.82) is 0 Å². The van der Waals surface area contributed by atoms with Crippen LogP contribution in [0.15, 0.2) is 0 Å². The largest absolute Gasteiger partial charge is 0.426 e. The lowest BCUT2D eigenvalue weighted by Crippen LogP contribution is -2.58. The fourth-order valence-electron chi connectivity index (χ4n) is 4.18. The number of alkyl halides is 12. The minimum Gasteiger partial charge on any atom is -0.374 e. The summed E-state index contributed by atoms with van der Waals surface area (Å²) in [5.74, 6) is -0.678. The van der Waals surface area contributed by atoms with E-state index in [9.17, 15) is 52.7 Å². The molecular formula is C18H26F12O2S2. The second-order valence-electron chi connectivity index (χ2n) is 8.18. The molecule has 34 heavy (non-hydrogen) atoms. The zero-order valence-corrected chi connectivity index (χ0v) is 19.5. The first-order valence-electron chi connectivity index (χ1n) is 9.88. The van der Waals surface area contributed by atoms with E-state index < -0.39 is 61.1 Å². The van der Waals surface area contributed by atoms with Gasteiger partial charge in [0.05, 0.1) is 0 Å². The number of thiol groups is 2. The highest BCUT2D eigenvalue weighted by molar-refractivity contribution is 7.80. The van der Waals surface area contributed by atoms with Crippen molar-refractivity contribution in [3.63, 3.8) is 0 Å². The lowest BCUT2D eigenvalue weighted by molar-refractivity contribution is -0.373. The molecule has 2 fully saturated rings. The van der Waals surface area contributed by atoms with Crippen LogP contribution in [0, 0.1) is 17.8 Å². The first kappa shape index (κ1) is 33.8. The van der Waals surface area contributed by atoms with E-state index in [1.807, 2.05) is 0 Å². The molecule has 3 atom stereocenters. The molecule has 2 aliphatic rings. The van der Waals surface area contributed by atoms with E-state index in [2.05, 4.69) is 25.3 Å². The molecule has 0 saturated heterocycles. The summed E-state index contributed by atoms with van der Waals surface area (Å²) in [6, 6.07) is 0. The summed E-state index contributed by atoms with van der Waals surface area (Å²) in [4.78, 5) is 0. The molecule has 0 aromatic carbocycles. The first-order chi connectivity index (χ1) is 15.1. The highest BCUT2D eigenvalue weighted by Crippen LogP contribution is 2.55. The van der Waals surface area contributed by atoms with Gasteiger partial charge in [0.2, 0.25) is 0 Å². The number of halogens is 12. The smallest absolute Gasteiger partial charge is 0.374 e. The number of rotatable bonds is 5. The Balaban J connectivity index is 0.000000617. The van der Waals surface area contributed by atoms with Crippen molar-refractivity contribution in [2.45, 2.75) is 80.9 Å². The maximum Gasteiger partial charge on any atom is 0.426 e. The predicted molar refractivity (Wildman–Crippen MR) is 106 cm³/mol. The fraction of sp³-hybridized carbons (Fsp3) is 1.00. The Morgan fingerprint density at radius 1 is 0.676 bits per heavy atom. The fourth-order valence-corrected chi connectivity index (χ4v) is 4.34. The summed E-state index contributed by atoms with van der Waals surface area (Å²) in [7, 11) is 0. The molecule has 2 nitrogen and oxygen atoms in total. The molecule has 0 spiro atoms. The average molecular weight is 567 g/mol. The van der Waals surface area contributed by atoms with Gasteiger partial charge in [-0.05, 0) is 68.3 Å². The Bertz CT molecular complexity index is 588. The van der Waals surface area contributed by atoms with Gasteiger partial charge >= 0.3 is 24.7 Å². The molecule has 0 heterocycles. The van der Waals surface area contributed by atoms with E-state index in [0.717, 1.165) is 6.42 Å². The van der Waals surface area contributed by atoms with Crippen LogP contribution in [0.2, 0.25) is 0 Å². The van der Waals surface area contributed by atoms with Gasteiger partial charge in [-0.25, -0.2) is 0 Å². The topological polar surface area (TPSA) is 40.5 Å². The van der Waals surface area contributed by atoms with Gasteiger partial charge in [-0.1, -0.05) is 6.42 Å². The van der Waals surface area contributed by atoms with Crippen LogP contribution in [-0.4, -0.2) is 58.1 Å². The first-order valence-corrected chi connectivity index (χ1v) is 11.4. The van der Waals surface area contributed by atoms with Crippen LogP contribution in [0.4, 0.5) is 52.7 Å². The van der Waals surface area contributed by atoms with E-state index in [-0.39, 0.29) is 17.6 Å². The minimum absolute atomic E-state index is 0.0915. The molecule has 2 bridgehead atoms. The van der Waals surface area contributed by atoms with E-state index >= 15 is 0 Å². The van der Waals surface area contributed by atoms with Crippen LogP contribution in [0.25, 0.3) is 0 Å². The second-order valence-corrected chi connectivity index (χ2v) is 8.63. The lowest BCUT2D eigenvalue weighted by atomic mass is 9.79. The minimum atomic E-state index is -5.71. The van der Waals surface area contributed by atoms with Crippen molar-refractivity contribution >= 4 is 25.3 Å². The maximum atomic E-state index is 12.5. The zero-order valence-electron chi connectivity index (χ0n) is 17.7. The lowest BCUT2D eigenvalue weighted by Gasteiger charge is -2.36. The molecule has 16 heteroatoms. The quantitative estimate of drug-likeness (QED) is 0.219. The summed E-state index contributed by atoms with van der Waals surface area (Å²) >= 11 is 7.01. The van der Waals surface area contributed by atoms with Crippen molar-refractivity contribution in [1.82, 2.24) is 0 Å². The van der Waals surface area contributed by atoms with Crippen LogP contribution < -0.4 is 0 Å². The van der Waals surface area contributed by atoms with E-state index in [1.54, 1.807) is 6.26 Å². The van der Waals surface area contributed by atoms with Gasteiger partial charge in [0.25, 0.3) is 11.2 Å². The summed E-state index contributed by atoms with van der Waals surface area (Å²) in [5, 5.41) is 17.7. The number of fused-ring (bicyclic) bond motifs is 2. The predicted octanol–water partition coefficient (Wildman–Crippen LogP) is 6.77. The molecule has 2 saturated carbocycles. The van der Waals surface area contributed by atoms with Crippen molar-refractivity contribution in [3.8, 4) is 0 Å². The van der Waals surface area contributed by atoms with Crippen LogP contribution in [0.1, 0.15) is 44.9 Å². The normalized spacial score (nSPS) is 23.7. The second kappa shape index (κ2) is 11.9. The highest BCUT2D eigenvalue weighted by Gasteiger charge is 2.71. The van der Waals surface area contributed by atoms with Crippen LogP contribution in [0.5, 0.6) is 0 Å². The van der Waals surface area contributed by atoms with E-state index in [4.69, 9.17) is 10.2 Å². The summed E-state index contributed by atoms with van der Waals surface area (Å²) < 4.78 is 147. The molecule has 0 amide bonds. The Morgan fingerprint density at radius 2 is 1.09 bits per heavy atom. The summed E-state index contributed by atoms with van der Waals surface area (Å²) in [6.45, 7) is 0. The summed E-state index contributed by atoms with van der Waals surface area (Å²) in [5.41, 5.74) is -9.18. The van der Waals surface area contributed by atoms with Gasteiger partial charge in [0.1, 0.15) is 0 Å². The standard InChI is InChI=1S/C11H14F6O.C6H8F6OS.CH4S/c12-10(13,14)9(18,11(15,16)17)5-8-4-6-1-2-7(8)3-6;7-5(8,9)4(13,2-1-3-14)6(10,11)12;1-2/h6-8,18H,1-5H2;13-14H,1-3H2;2H,1H3. The van der Waals surface area contributed by atoms with Crippen LogP contribution in [-0.2, 0) is 0 Å². The Morgan fingerprint density at radius 3 is 1.35 bits per heavy atom. The van der Waals surface area contributed by atoms with Gasteiger partial charge in [-0.3, -0.25) is 0 Å². The van der Waals surface area contributed by atoms with Gasteiger partial charge in [0, 0.05) is 0 Å². The van der Waals surface area contributed by atoms with Crippen molar-refractivity contribution < 1.29 is 62.9 Å². The molecule has 2 rings (SSSR count). The van der Waals surface area contributed by atoms with Crippen molar-refractivity contribution in [2.24, 2.45) is 17.8 Å². The van der Waals surface area contributed by atoms with Crippen molar-refractivity contribution in [2.75, 3.05) is 12.0 Å². The van der Waals surface area contributed by atoms with Crippen molar-refractivity contribution in [3.05, 3.63) is 0 Å². The van der Waals surface area contributed by atoms with Gasteiger partial charge in [0.15, 0.2) is 0 Å². The monoisotopic (exact) mass is 566 g/mol. The third kappa shape index (κ3) is 7.64. The maximum absolute atomic E-state index is 12.5. The molecule has 2 N–H and O–H groups in total. The highest BCUT2D eigenvalue weighted by atomic mass is 32.1. The van der Waals surface area contributed by atoms with Crippen LogP contribution >= 0.6 is 25.3 Å². The molecule has 2 aliphatic carbocycles. The molecule has 0 radical (unpaired) electrons. The van der Waals surface area contributed by atoms with Gasteiger partial charge < -0.3 is 10.2 Å². The SMILES string of the molecule is CS.OC(CC1CC2CCC1C2)(C(F)(F)F)C(F)(F)F.OC(CCCS)(C(F)(F)F)C(F)(F)F. The molecular weight excluding hydrogens is 540 g/mol.